The molecular weight excluding hydrogens is 282 g/mol. The molecule has 1 aromatic carbocycles. The zero-order valence-corrected chi connectivity index (χ0v) is 12.8. The number of imide groups is 1. The fourth-order valence-electron chi connectivity index (χ4n) is 2.56. The number of cyclic esters (lactones) is 1. The minimum absolute atomic E-state index is 0.0785. The molecule has 0 unspecified atom stereocenters. The topological polar surface area (TPSA) is 66.8 Å². The van der Waals surface area contributed by atoms with Crippen LogP contribution in [0.15, 0.2) is 43.0 Å². The first-order valence-electron chi connectivity index (χ1n) is 7.32. The highest BCUT2D eigenvalue weighted by molar-refractivity contribution is 5.96. The van der Waals surface area contributed by atoms with Crippen LogP contribution in [0.1, 0.15) is 25.5 Å². The van der Waals surface area contributed by atoms with E-state index < -0.39 is 24.0 Å². The monoisotopic (exact) mass is 303 g/mol. The van der Waals surface area contributed by atoms with Crippen LogP contribution in [0, 0.1) is 11.8 Å². The standard InChI is InChI=1S/C17H21NO4/c1-4-13(15(19)12-8-6-5-7-9-12)16(20)18-14(11(2)3)10-22-17(18)21/h4-9,11,13-15,19H,1,10H2,2-3H3/t13-,14+,15+/m0/s1. The summed E-state index contributed by atoms with van der Waals surface area (Å²) in [5.41, 5.74) is 0.606. The predicted octanol–water partition coefficient (Wildman–Crippen LogP) is 2.53. The molecule has 1 aliphatic rings. The zero-order chi connectivity index (χ0) is 16.3. The number of amides is 2. The van der Waals surface area contributed by atoms with E-state index in [-0.39, 0.29) is 18.6 Å². The number of rotatable bonds is 5. The molecule has 3 atom stereocenters. The van der Waals surface area contributed by atoms with Gasteiger partial charge in [-0.15, -0.1) is 6.58 Å². The number of hydrogen-bond donors (Lipinski definition) is 1. The molecule has 22 heavy (non-hydrogen) atoms. The molecule has 1 fully saturated rings. The van der Waals surface area contributed by atoms with Crippen molar-refractivity contribution < 1.29 is 19.4 Å². The largest absolute Gasteiger partial charge is 0.447 e. The first-order chi connectivity index (χ1) is 10.5. The summed E-state index contributed by atoms with van der Waals surface area (Å²) in [4.78, 5) is 25.7. The lowest BCUT2D eigenvalue weighted by molar-refractivity contribution is -0.135. The minimum Gasteiger partial charge on any atom is -0.447 e. The van der Waals surface area contributed by atoms with E-state index in [2.05, 4.69) is 6.58 Å². The fourth-order valence-corrected chi connectivity index (χ4v) is 2.56. The van der Waals surface area contributed by atoms with Crippen LogP contribution in [0.2, 0.25) is 0 Å². The molecule has 0 aromatic heterocycles. The summed E-state index contributed by atoms with van der Waals surface area (Å²) >= 11 is 0. The molecular formula is C17H21NO4. The van der Waals surface area contributed by atoms with E-state index in [1.165, 1.54) is 6.08 Å². The molecule has 1 saturated heterocycles. The molecule has 1 aliphatic heterocycles. The summed E-state index contributed by atoms with van der Waals surface area (Å²) in [6, 6.07) is 8.54. The molecule has 5 heteroatoms. The van der Waals surface area contributed by atoms with Crippen molar-refractivity contribution >= 4 is 12.0 Å². The maximum absolute atomic E-state index is 12.7. The number of carbonyl (C=O) groups excluding carboxylic acids is 2. The fraction of sp³-hybridized carbons (Fsp3) is 0.412. The Kier molecular flexibility index (Phi) is 4.98. The van der Waals surface area contributed by atoms with E-state index in [0.717, 1.165) is 4.90 Å². The van der Waals surface area contributed by atoms with Crippen LogP contribution in [0.4, 0.5) is 4.79 Å². The normalized spacial score (nSPS) is 20.6. The van der Waals surface area contributed by atoms with Gasteiger partial charge in [0.15, 0.2) is 0 Å². The lowest BCUT2D eigenvalue weighted by atomic mass is 9.93. The van der Waals surface area contributed by atoms with Gasteiger partial charge < -0.3 is 9.84 Å². The molecule has 1 aromatic rings. The van der Waals surface area contributed by atoms with Crippen LogP contribution in [-0.2, 0) is 9.53 Å². The lowest BCUT2D eigenvalue weighted by Gasteiger charge is -2.27. The average molecular weight is 303 g/mol. The van der Waals surface area contributed by atoms with Crippen molar-refractivity contribution in [3.63, 3.8) is 0 Å². The molecule has 0 spiro atoms. The molecule has 0 saturated carbocycles. The lowest BCUT2D eigenvalue weighted by Crippen LogP contribution is -2.45. The second kappa shape index (κ2) is 6.75. The summed E-state index contributed by atoms with van der Waals surface area (Å²) < 4.78 is 4.99. The third kappa shape index (κ3) is 3.04. The van der Waals surface area contributed by atoms with Crippen LogP contribution in [0.3, 0.4) is 0 Å². The molecule has 0 bridgehead atoms. The van der Waals surface area contributed by atoms with Crippen molar-refractivity contribution in [2.45, 2.75) is 26.0 Å². The number of hydrogen-bond acceptors (Lipinski definition) is 4. The Bertz CT molecular complexity index is 555. The molecule has 0 aliphatic carbocycles. The highest BCUT2D eigenvalue weighted by Gasteiger charge is 2.43. The zero-order valence-electron chi connectivity index (χ0n) is 12.8. The Balaban J connectivity index is 2.25. The Morgan fingerprint density at radius 3 is 2.59 bits per heavy atom. The predicted molar refractivity (Wildman–Crippen MR) is 81.9 cm³/mol. The second-order valence-corrected chi connectivity index (χ2v) is 5.71. The Morgan fingerprint density at radius 1 is 1.41 bits per heavy atom. The first kappa shape index (κ1) is 16.2. The summed E-state index contributed by atoms with van der Waals surface area (Å²) in [6.07, 6.45) is -0.327. The van der Waals surface area contributed by atoms with Crippen LogP contribution in [0.5, 0.6) is 0 Å². The molecule has 1 N–H and O–H groups in total. The van der Waals surface area contributed by atoms with Gasteiger partial charge in [0.2, 0.25) is 5.91 Å². The molecule has 2 rings (SSSR count). The van der Waals surface area contributed by atoms with Gasteiger partial charge in [0.25, 0.3) is 0 Å². The van der Waals surface area contributed by atoms with Crippen molar-refractivity contribution in [1.29, 1.82) is 0 Å². The van der Waals surface area contributed by atoms with Gasteiger partial charge in [-0.1, -0.05) is 50.3 Å². The summed E-state index contributed by atoms with van der Waals surface area (Å²) in [5.74, 6) is -1.29. The van der Waals surface area contributed by atoms with Crippen molar-refractivity contribution in [3.05, 3.63) is 48.6 Å². The maximum atomic E-state index is 12.7. The molecule has 2 amide bonds. The van der Waals surface area contributed by atoms with Gasteiger partial charge in [0.1, 0.15) is 6.61 Å². The third-order valence-corrected chi connectivity index (χ3v) is 3.93. The third-order valence-electron chi connectivity index (χ3n) is 3.93. The highest BCUT2D eigenvalue weighted by Crippen LogP contribution is 2.29. The van der Waals surface area contributed by atoms with Crippen LogP contribution in [0.25, 0.3) is 0 Å². The maximum Gasteiger partial charge on any atom is 0.417 e. The number of aliphatic hydroxyl groups excluding tert-OH is 1. The number of ether oxygens (including phenoxy) is 1. The Labute approximate surface area is 130 Å². The van der Waals surface area contributed by atoms with E-state index in [1.54, 1.807) is 24.3 Å². The summed E-state index contributed by atoms with van der Waals surface area (Å²) in [5, 5.41) is 10.5. The van der Waals surface area contributed by atoms with Gasteiger partial charge in [0.05, 0.1) is 18.1 Å². The van der Waals surface area contributed by atoms with Crippen molar-refractivity contribution in [2.24, 2.45) is 11.8 Å². The quantitative estimate of drug-likeness (QED) is 0.849. The van der Waals surface area contributed by atoms with E-state index in [0.29, 0.717) is 5.56 Å². The van der Waals surface area contributed by atoms with Gasteiger partial charge in [-0.25, -0.2) is 9.69 Å². The van der Waals surface area contributed by atoms with Crippen LogP contribution in [-0.4, -0.2) is 34.7 Å². The molecule has 118 valence electrons. The molecule has 5 nitrogen and oxygen atoms in total. The Hall–Kier alpha value is -2.14. The number of aliphatic hydroxyl groups is 1. The molecule has 0 radical (unpaired) electrons. The average Bonchev–Trinajstić information content (AvgIpc) is 2.90. The minimum atomic E-state index is -1.05. The Morgan fingerprint density at radius 2 is 2.05 bits per heavy atom. The van der Waals surface area contributed by atoms with Crippen molar-refractivity contribution in [2.75, 3.05) is 6.61 Å². The summed E-state index contributed by atoms with van der Waals surface area (Å²) in [7, 11) is 0. The van der Waals surface area contributed by atoms with Gasteiger partial charge in [0, 0.05) is 0 Å². The SMILES string of the molecule is C=C[C@H](C(=O)N1C(=O)OC[C@@H]1C(C)C)[C@H](O)c1ccccc1. The number of carbonyl (C=O) groups is 2. The van der Waals surface area contributed by atoms with Gasteiger partial charge in [-0.05, 0) is 11.5 Å². The number of nitrogens with zero attached hydrogens (tertiary/aromatic N) is 1. The van der Waals surface area contributed by atoms with Gasteiger partial charge in [-0.3, -0.25) is 4.79 Å². The number of benzene rings is 1. The van der Waals surface area contributed by atoms with Crippen LogP contribution < -0.4 is 0 Å². The van der Waals surface area contributed by atoms with Crippen molar-refractivity contribution in [3.8, 4) is 0 Å². The van der Waals surface area contributed by atoms with Crippen molar-refractivity contribution in [1.82, 2.24) is 4.90 Å². The highest BCUT2D eigenvalue weighted by atomic mass is 16.6. The van der Waals surface area contributed by atoms with E-state index in [9.17, 15) is 14.7 Å². The molecule has 1 heterocycles. The van der Waals surface area contributed by atoms with E-state index >= 15 is 0 Å². The van der Waals surface area contributed by atoms with Crippen LogP contribution >= 0.6 is 0 Å². The second-order valence-electron chi connectivity index (χ2n) is 5.71. The first-order valence-corrected chi connectivity index (χ1v) is 7.32. The van der Waals surface area contributed by atoms with Gasteiger partial charge >= 0.3 is 6.09 Å². The summed E-state index contributed by atoms with van der Waals surface area (Å²) in [6.45, 7) is 7.66. The smallest absolute Gasteiger partial charge is 0.417 e. The van der Waals surface area contributed by atoms with E-state index in [1.807, 2.05) is 19.9 Å². The van der Waals surface area contributed by atoms with Gasteiger partial charge in [-0.2, -0.15) is 0 Å². The van der Waals surface area contributed by atoms with E-state index in [4.69, 9.17) is 4.74 Å².